The predicted octanol–water partition coefficient (Wildman–Crippen LogP) is 5.57. The van der Waals surface area contributed by atoms with Gasteiger partial charge in [-0.05, 0) is 59.6 Å². The Morgan fingerprint density at radius 1 is 1.08 bits per heavy atom. The summed E-state index contributed by atoms with van der Waals surface area (Å²) in [5, 5.41) is 1.46. The molecule has 2 nitrogen and oxygen atoms in total. The van der Waals surface area contributed by atoms with E-state index in [-0.39, 0.29) is 5.92 Å². The van der Waals surface area contributed by atoms with Crippen LogP contribution >= 0.6 is 23.2 Å². The second-order valence-corrected chi connectivity index (χ2v) is 7.26. The molecule has 2 aromatic carbocycles. The Labute approximate surface area is 152 Å². The quantitative estimate of drug-likeness (QED) is 0.636. The summed E-state index contributed by atoms with van der Waals surface area (Å²) in [5.74, 6) is 0.268. The zero-order chi connectivity index (χ0) is 16.7. The van der Waals surface area contributed by atoms with Crippen molar-refractivity contribution in [1.82, 2.24) is 9.88 Å². The van der Waals surface area contributed by atoms with Crippen LogP contribution in [0.5, 0.6) is 0 Å². The minimum absolute atomic E-state index is 0.268. The zero-order valence-electron chi connectivity index (χ0n) is 13.4. The van der Waals surface area contributed by atoms with Gasteiger partial charge in [0, 0.05) is 40.9 Å². The van der Waals surface area contributed by atoms with Crippen molar-refractivity contribution in [2.45, 2.75) is 12.5 Å². The Bertz CT molecular complexity index is 871. The first kappa shape index (κ1) is 15.8. The van der Waals surface area contributed by atoms with Crippen molar-refractivity contribution in [3.8, 4) is 11.3 Å². The lowest BCUT2D eigenvalue weighted by Crippen LogP contribution is -2.31. The molecule has 4 heteroatoms. The SMILES string of the molecule is CN1Cc2c(Cl)cc(Cl)cc2[C@H](c2cccc(-c3ccc[nH]3)c2)C1. The smallest absolute Gasteiger partial charge is 0.0468 e. The van der Waals surface area contributed by atoms with Crippen LogP contribution in [0.15, 0.2) is 54.7 Å². The van der Waals surface area contributed by atoms with Crippen LogP contribution in [0.25, 0.3) is 11.3 Å². The number of benzene rings is 2. The summed E-state index contributed by atoms with van der Waals surface area (Å²) in [6, 6.07) is 16.7. The van der Waals surface area contributed by atoms with Crippen molar-refractivity contribution < 1.29 is 0 Å². The first-order valence-corrected chi connectivity index (χ1v) is 8.77. The summed E-state index contributed by atoms with van der Waals surface area (Å²) in [6.07, 6.45) is 1.95. The Hall–Kier alpha value is -1.74. The highest BCUT2D eigenvalue weighted by molar-refractivity contribution is 6.35. The third kappa shape index (κ3) is 2.86. The molecule has 0 radical (unpaired) electrons. The van der Waals surface area contributed by atoms with Crippen molar-refractivity contribution in [3.05, 3.63) is 81.5 Å². The van der Waals surface area contributed by atoms with E-state index in [1.807, 2.05) is 18.3 Å². The average molecular weight is 357 g/mol. The van der Waals surface area contributed by atoms with Gasteiger partial charge in [-0.2, -0.15) is 0 Å². The molecule has 0 amide bonds. The lowest BCUT2D eigenvalue weighted by molar-refractivity contribution is 0.295. The minimum Gasteiger partial charge on any atom is -0.361 e. The molecule has 0 saturated carbocycles. The number of rotatable bonds is 2. The highest BCUT2D eigenvalue weighted by Gasteiger charge is 2.27. The van der Waals surface area contributed by atoms with Crippen LogP contribution in [-0.2, 0) is 6.54 Å². The molecule has 4 rings (SSSR count). The molecule has 3 aromatic rings. The summed E-state index contributed by atoms with van der Waals surface area (Å²) in [7, 11) is 2.13. The highest BCUT2D eigenvalue weighted by atomic mass is 35.5. The molecule has 1 N–H and O–H groups in total. The highest BCUT2D eigenvalue weighted by Crippen LogP contribution is 2.39. The van der Waals surface area contributed by atoms with E-state index in [9.17, 15) is 0 Å². The van der Waals surface area contributed by atoms with Crippen molar-refractivity contribution in [3.63, 3.8) is 0 Å². The predicted molar refractivity (Wildman–Crippen MR) is 101 cm³/mol. The maximum Gasteiger partial charge on any atom is 0.0468 e. The fraction of sp³-hybridized carbons (Fsp3) is 0.200. The number of aromatic nitrogens is 1. The van der Waals surface area contributed by atoms with Crippen molar-refractivity contribution in [1.29, 1.82) is 0 Å². The average Bonchev–Trinajstić information content (AvgIpc) is 3.10. The largest absolute Gasteiger partial charge is 0.361 e. The van der Waals surface area contributed by atoms with Crippen molar-refractivity contribution >= 4 is 23.2 Å². The van der Waals surface area contributed by atoms with Gasteiger partial charge in [-0.25, -0.2) is 0 Å². The van der Waals surface area contributed by atoms with Gasteiger partial charge in [0.05, 0.1) is 0 Å². The lowest BCUT2D eigenvalue weighted by Gasteiger charge is -2.33. The van der Waals surface area contributed by atoms with Crippen LogP contribution in [0, 0.1) is 0 Å². The second kappa shape index (κ2) is 6.29. The summed E-state index contributed by atoms with van der Waals surface area (Å²) < 4.78 is 0. The molecule has 1 aliphatic rings. The molecule has 2 heterocycles. The molecule has 0 unspecified atom stereocenters. The van der Waals surface area contributed by atoms with E-state index in [4.69, 9.17) is 23.2 Å². The van der Waals surface area contributed by atoms with Gasteiger partial charge in [0.15, 0.2) is 0 Å². The molecular formula is C20H18Cl2N2. The third-order valence-corrected chi connectivity index (χ3v) is 5.25. The van der Waals surface area contributed by atoms with Crippen molar-refractivity contribution in [2.75, 3.05) is 13.6 Å². The maximum atomic E-state index is 6.46. The van der Waals surface area contributed by atoms with Gasteiger partial charge in [-0.15, -0.1) is 0 Å². The standard InChI is InChI=1S/C20H18Cl2N2/c1-24-11-17(16-9-15(21)10-19(22)18(16)12-24)13-4-2-5-14(8-13)20-6-3-7-23-20/h2-10,17,23H,11-12H2,1H3/t17-/m0/s1. The number of hydrogen-bond donors (Lipinski definition) is 1. The van der Waals surface area contributed by atoms with Gasteiger partial charge >= 0.3 is 0 Å². The summed E-state index contributed by atoms with van der Waals surface area (Å²) in [4.78, 5) is 5.59. The van der Waals surface area contributed by atoms with E-state index in [0.717, 1.165) is 23.8 Å². The lowest BCUT2D eigenvalue weighted by atomic mass is 9.84. The molecule has 0 spiro atoms. The number of likely N-dealkylation sites (N-methyl/N-ethyl adjacent to an activating group) is 1. The van der Waals surface area contributed by atoms with E-state index in [1.54, 1.807) is 0 Å². The molecule has 1 aromatic heterocycles. The Morgan fingerprint density at radius 3 is 2.75 bits per heavy atom. The molecule has 0 aliphatic carbocycles. The van der Waals surface area contributed by atoms with E-state index in [1.165, 1.54) is 22.3 Å². The second-order valence-electron chi connectivity index (χ2n) is 6.41. The normalized spacial score (nSPS) is 17.7. The van der Waals surface area contributed by atoms with E-state index in [2.05, 4.69) is 53.3 Å². The molecule has 1 atom stereocenters. The van der Waals surface area contributed by atoms with Gasteiger partial charge in [-0.1, -0.05) is 41.4 Å². The first-order valence-electron chi connectivity index (χ1n) is 8.02. The molecule has 24 heavy (non-hydrogen) atoms. The number of hydrogen-bond acceptors (Lipinski definition) is 1. The number of fused-ring (bicyclic) bond motifs is 1. The minimum atomic E-state index is 0.268. The van der Waals surface area contributed by atoms with Gasteiger partial charge in [0.1, 0.15) is 0 Å². The van der Waals surface area contributed by atoms with Gasteiger partial charge in [-0.3, -0.25) is 0 Å². The monoisotopic (exact) mass is 356 g/mol. The Balaban J connectivity index is 1.82. The zero-order valence-corrected chi connectivity index (χ0v) is 14.9. The van der Waals surface area contributed by atoms with Gasteiger partial charge in [0.2, 0.25) is 0 Å². The number of halogens is 2. The van der Waals surface area contributed by atoms with Gasteiger partial charge < -0.3 is 9.88 Å². The van der Waals surface area contributed by atoms with Crippen LogP contribution in [0.2, 0.25) is 10.0 Å². The topological polar surface area (TPSA) is 19.0 Å². The Kier molecular flexibility index (Phi) is 4.13. The van der Waals surface area contributed by atoms with Crippen LogP contribution in [0.1, 0.15) is 22.6 Å². The Morgan fingerprint density at radius 2 is 1.96 bits per heavy atom. The van der Waals surface area contributed by atoms with Crippen molar-refractivity contribution in [2.24, 2.45) is 0 Å². The summed E-state index contributed by atoms with van der Waals surface area (Å²) in [6.45, 7) is 1.82. The van der Waals surface area contributed by atoms with Crippen LogP contribution in [0.4, 0.5) is 0 Å². The molecular weight excluding hydrogens is 339 g/mol. The number of aromatic amines is 1. The molecule has 1 aliphatic heterocycles. The number of H-pyrrole nitrogens is 1. The summed E-state index contributed by atoms with van der Waals surface area (Å²) >= 11 is 12.7. The number of nitrogens with one attached hydrogen (secondary N) is 1. The fourth-order valence-electron chi connectivity index (χ4n) is 3.56. The molecule has 0 saturated heterocycles. The van der Waals surface area contributed by atoms with E-state index in [0.29, 0.717) is 5.02 Å². The van der Waals surface area contributed by atoms with Crippen LogP contribution in [0.3, 0.4) is 0 Å². The van der Waals surface area contributed by atoms with E-state index >= 15 is 0 Å². The number of nitrogens with zero attached hydrogens (tertiary/aromatic N) is 1. The third-order valence-electron chi connectivity index (χ3n) is 4.69. The maximum absolute atomic E-state index is 6.46. The molecule has 122 valence electrons. The van der Waals surface area contributed by atoms with E-state index < -0.39 is 0 Å². The molecule has 0 bridgehead atoms. The molecule has 0 fully saturated rings. The van der Waals surface area contributed by atoms with Crippen LogP contribution < -0.4 is 0 Å². The summed E-state index contributed by atoms with van der Waals surface area (Å²) in [5.41, 5.74) is 6.04. The van der Waals surface area contributed by atoms with Crippen LogP contribution in [-0.4, -0.2) is 23.5 Å². The first-order chi connectivity index (χ1) is 11.6. The van der Waals surface area contributed by atoms with Gasteiger partial charge in [0.25, 0.3) is 0 Å². The fourth-order valence-corrected chi connectivity index (χ4v) is 4.13.